The highest BCUT2D eigenvalue weighted by atomic mass is 32.2. The van der Waals surface area contributed by atoms with Gasteiger partial charge in [-0.3, -0.25) is 4.98 Å². The fraction of sp³-hybridized carbons (Fsp3) is 0.393. The van der Waals surface area contributed by atoms with E-state index in [-0.39, 0.29) is 36.1 Å². The maximum Gasteiger partial charge on any atom is 0.152 e. The summed E-state index contributed by atoms with van der Waals surface area (Å²) in [6, 6.07) is 7.14. The average molecular weight is 556 g/mol. The predicted octanol–water partition coefficient (Wildman–Crippen LogP) is 3.45. The van der Waals surface area contributed by atoms with Gasteiger partial charge in [0.15, 0.2) is 9.84 Å². The SMILES string of the molecule is C[C@H]1C[C@@H](c2ccncc2Cc2ncc3ccc(-c4c(F)cc(CCO)cc4F)nn23)C[C@@H](N)[C@@H]1S(C)(=O)=O. The van der Waals surface area contributed by atoms with Crippen LogP contribution in [0.2, 0.25) is 0 Å². The number of sulfone groups is 1. The second-order valence-corrected chi connectivity index (χ2v) is 12.7. The van der Waals surface area contributed by atoms with Crippen molar-refractivity contribution < 1.29 is 22.3 Å². The molecule has 0 unspecified atom stereocenters. The highest BCUT2D eigenvalue weighted by Gasteiger charge is 2.40. The number of imidazole rings is 1. The molecule has 5 rings (SSSR count). The van der Waals surface area contributed by atoms with Gasteiger partial charge in [-0.1, -0.05) is 6.92 Å². The normalized spacial score (nSPS) is 21.9. The standard InChI is InChI=1S/C28H31F2N5O3S/c1-16-9-18(12-24(31)28(16)39(2,37)38)21-5-7-32-14-19(21)13-26-33-15-20-3-4-25(34-35(20)26)27-22(29)10-17(6-8-36)11-23(27)30/h3-5,7,10-11,14-16,18,24,28,36H,6,8-9,12-13,31H2,1-2H3/t16-,18+,24+,28+/m0/s1. The lowest BCUT2D eigenvalue weighted by Crippen LogP contribution is -2.48. The lowest BCUT2D eigenvalue weighted by molar-refractivity contribution is 0.299. The van der Waals surface area contributed by atoms with Crippen LogP contribution in [0.25, 0.3) is 16.8 Å². The molecule has 1 aromatic carbocycles. The molecule has 11 heteroatoms. The van der Waals surface area contributed by atoms with Crippen LogP contribution in [0.3, 0.4) is 0 Å². The Kier molecular flexibility index (Phi) is 7.49. The van der Waals surface area contributed by atoms with Crippen LogP contribution >= 0.6 is 0 Å². The van der Waals surface area contributed by atoms with Crippen LogP contribution in [0.1, 0.15) is 48.2 Å². The molecule has 0 aliphatic heterocycles. The van der Waals surface area contributed by atoms with Gasteiger partial charge >= 0.3 is 0 Å². The number of halogens is 2. The first-order valence-electron chi connectivity index (χ1n) is 12.9. The molecule has 3 aromatic heterocycles. The summed E-state index contributed by atoms with van der Waals surface area (Å²) in [7, 11) is -3.27. The van der Waals surface area contributed by atoms with Crippen LogP contribution in [0.15, 0.2) is 48.9 Å². The van der Waals surface area contributed by atoms with E-state index in [1.807, 2.05) is 13.0 Å². The molecular formula is C28H31F2N5O3S. The lowest BCUT2D eigenvalue weighted by Gasteiger charge is -2.38. The molecule has 0 bridgehead atoms. The van der Waals surface area contributed by atoms with Crippen LogP contribution < -0.4 is 5.73 Å². The second kappa shape index (κ2) is 10.7. The largest absolute Gasteiger partial charge is 0.396 e. The van der Waals surface area contributed by atoms with Crippen LogP contribution in [0, 0.1) is 17.6 Å². The quantitative estimate of drug-likeness (QED) is 0.358. The monoisotopic (exact) mass is 555 g/mol. The Bertz CT molecular complexity index is 1590. The molecule has 0 saturated heterocycles. The second-order valence-electron chi connectivity index (χ2n) is 10.5. The van der Waals surface area contributed by atoms with Crippen molar-refractivity contribution in [2.24, 2.45) is 11.7 Å². The molecule has 0 radical (unpaired) electrons. The number of hydrogen-bond acceptors (Lipinski definition) is 7. The molecule has 1 aliphatic rings. The maximum absolute atomic E-state index is 14.9. The molecule has 1 aliphatic carbocycles. The van der Waals surface area contributed by atoms with Gasteiger partial charge in [-0.2, -0.15) is 5.10 Å². The third kappa shape index (κ3) is 5.43. The summed E-state index contributed by atoms with van der Waals surface area (Å²) >= 11 is 0. The summed E-state index contributed by atoms with van der Waals surface area (Å²) in [5.41, 5.74) is 9.22. The smallest absolute Gasteiger partial charge is 0.152 e. The summed E-state index contributed by atoms with van der Waals surface area (Å²) in [5, 5.41) is 13.1. The maximum atomic E-state index is 14.9. The summed E-state index contributed by atoms with van der Waals surface area (Å²) in [5.74, 6) is -0.976. The van der Waals surface area contributed by atoms with E-state index >= 15 is 0 Å². The van der Waals surface area contributed by atoms with Crippen molar-refractivity contribution >= 4 is 15.4 Å². The molecule has 1 saturated carbocycles. The molecular weight excluding hydrogens is 524 g/mol. The molecule has 3 heterocycles. The summed E-state index contributed by atoms with van der Waals surface area (Å²) in [6.45, 7) is 1.72. The van der Waals surface area contributed by atoms with Gasteiger partial charge in [0.25, 0.3) is 0 Å². The van der Waals surface area contributed by atoms with Crippen molar-refractivity contribution in [2.75, 3.05) is 12.9 Å². The van der Waals surface area contributed by atoms with Gasteiger partial charge in [0.1, 0.15) is 17.5 Å². The summed E-state index contributed by atoms with van der Waals surface area (Å²) in [6.07, 6.45) is 8.10. The van der Waals surface area contributed by atoms with E-state index in [0.717, 1.165) is 11.1 Å². The van der Waals surface area contributed by atoms with E-state index in [2.05, 4.69) is 15.1 Å². The van der Waals surface area contributed by atoms with E-state index in [9.17, 15) is 17.2 Å². The Labute approximate surface area is 225 Å². The van der Waals surface area contributed by atoms with Crippen molar-refractivity contribution in [3.05, 3.63) is 83.1 Å². The highest BCUT2D eigenvalue weighted by Crippen LogP contribution is 2.39. The van der Waals surface area contributed by atoms with Crippen LogP contribution in [0.5, 0.6) is 0 Å². The van der Waals surface area contributed by atoms with Crippen LogP contribution in [-0.4, -0.2) is 57.3 Å². The van der Waals surface area contributed by atoms with Crippen molar-refractivity contribution in [3.8, 4) is 11.3 Å². The number of rotatable bonds is 7. The topological polar surface area (TPSA) is 123 Å². The first kappa shape index (κ1) is 27.3. The molecule has 4 aromatic rings. The van der Waals surface area contributed by atoms with Crippen molar-refractivity contribution in [1.82, 2.24) is 19.6 Å². The highest BCUT2D eigenvalue weighted by molar-refractivity contribution is 7.91. The summed E-state index contributed by atoms with van der Waals surface area (Å²) in [4.78, 5) is 8.83. The average Bonchev–Trinajstić information content (AvgIpc) is 3.25. The van der Waals surface area contributed by atoms with E-state index in [1.165, 1.54) is 18.4 Å². The zero-order valence-electron chi connectivity index (χ0n) is 21.8. The Hall–Kier alpha value is -3.28. The van der Waals surface area contributed by atoms with Crippen molar-refractivity contribution in [2.45, 2.75) is 49.8 Å². The third-order valence-electron chi connectivity index (χ3n) is 7.63. The number of fused-ring (bicyclic) bond motifs is 1. The fourth-order valence-corrected chi connectivity index (χ4v) is 7.74. The minimum absolute atomic E-state index is 0.0568. The van der Waals surface area contributed by atoms with Crippen LogP contribution in [0.4, 0.5) is 8.78 Å². The minimum Gasteiger partial charge on any atom is -0.396 e. The first-order valence-corrected chi connectivity index (χ1v) is 14.8. The van der Waals surface area contributed by atoms with Gasteiger partial charge in [0, 0.05) is 37.7 Å². The van der Waals surface area contributed by atoms with Gasteiger partial charge < -0.3 is 10.8 Å². The first-order chi connectivity index (χ1) is 18.6. The Morgan fingerprint density at radius 3 is 2.54 bits per heavy atom. The van der Waals surface area contributed by atoms with Crippen LogP contribution in [-0.2, 0) is 22.7 Å². The van der Waals surface area contributed by atoms with E-state index < -0.39 is 32.8 Å². The number of aliphatic hydroxyl groups is 1. The van der Waals surface area contributed by atoms with E-state index in [0.29, 0.717) is 36.2 Å². The number of nitrogens with two attached hydrogens (primary N) is 1. The van der Waals surface area contributed by atoms with Gasteiger partial charge in [-0.25, -0.2) is 26.7 Å². The molecule has 0 amide bonds. The summed E-state index contributed by atoms with van der Waals surface area (Å²) < 4.78 is 55.9. The predicted molar refractivity (Wildman–Crippen MR) is 144 cm³/mol. The number of benzene rings is 1. The number of aliphatic hydroxyl groups excluding tert-OH is 1. The Morgan fingerprint density at radius 1 is 1.13 bits per heavy atom. The van der Waals surface area contributed by atoms with Gasteiger partial charge in [-0.05, 0) is 78.1 Å². The number of nitrogens with zero attached hydrogens (tertiary/aromatic N) is 4. The Morgan fingerprint density at radius 2 is 1.87 bits per heavy atom. The number of pyridine rings is 1. The van der Waals surface area contributed by atoms with E-state index in [4.69, 9.17) is 10.8 Å². The zero-order valence-corrected chi connectivity index (χ0v) is 22.6. The number of hydrogen-bond donors (Lipinski definition) is 2. The van der Waals surface area contributed by atoms with Gasteiger partial charge in [0.05, 0.1) is 28.2 Å². The minimum atomic E-state index is -3.27. The fourth-order valence-electron chi connectivity index (χ4n) is 6.04. The Balaban J connectivity index is 1.47. The molecule has 4 atom stereocenters. The molecule has 3 N–H and O–H groups in total. The van der Waals surface area contributed by atoms with Crippen molar-refractivity contribution in [1.29, 1.82) is 0 Å². The van der Waals surface area contributed by atoms with Gasteiger partial charge in [0.2, 0.25) is 0 Å². The molecule has 206 valence electrons. The van der Waals surface area contributed by atoms with Crippen molar-refractivity contribution in [3.63, 3.8) is 0 Å². The number of aromatic nitrogens is 4. The molecule has 0 spiro atoms. The van der Waals surface area contributed by atoms with Gasteiger partial charge in [-0.15, -0.1) is 0 Å². The van der Waals surface area contributed by atoms with E-state index in [1.54, 1.807) is 35.2 Å². The molecule has 1 fully saturated rings. The molecule has 8 nitrogen and oxygen atoms in total. The molecule has 39 heavy (non-hydrogen) atoms. The third-order valence-corrected chi connectivity index (χ3v) is 9.44. The zero-order chi connectivity index (χ0) is 27.9. The lowest BCUT2D eigenvalue weighted by atomic mass is 9.75.